The Labute approximate surface area is 180 Å². The molecule has 1 aliphatic rings. The molecule has 158 valence electrons. The molecule has 2 aromatic rings. The van der Waals surface area contributed by atoms with Crippen LogP contribution in [0.3, 0.4) is 0 Å². The van der Waals surface area contributed by atoms with Crippen LogP contribution < -0.4 is 14.8 Å². The molecule has 0 bridgehead atoms. The normalized spacial score (nSPS) is 17.7. The zero-order chi connectivity index (χ0) is 21.5. The van der Waals surface area contributed by atoms with E-state index in [4.69, 9.17) is 9.47 Å². The van der Waals surface area contributed by atoms with Gasteiger partial charge in [0.25, 0.3) is 0 Å². The quantitative estimate of drug-likeness (QED) is 0.720. The third kappa shape index (κ3) is 5.13. The van der Waals surface area contributed by atoms with E-state index < -0.39 is 5.25 Å². The third-order valence-electron chi connectivity index (χ3n) is 4.46. The minimum Gasteiger partial charge on any atom is -0.494 e. The molecule has 0 radical (unpaired) electrons. The highest BCUT2D eigenvalue weighted by Crippen LogP contribution is 2.33. The number of anilines is 1. The lowest BCUT2D eigenvalue weighted by Gasteiger charge is -2.31. The topological polar surface area (TPSA) is 80.2 Å². The van der Waals surface area contributed by atoms with Gasteiger partial charge in [-0.2, -0.15) is 0 Å². The van der Waals surface area contributed by atoms with Gasteiger partial charge in [0.1, 0.15) is 22.4 Å². The van der Waals surface area contributed by atoms with Gasteiger partial charge in [-0.3, -0.25) is 14.5 Å². The van der Waals surface area contributed by atoms with Gasteiger partial charge in [-0.05, 0) is 38.1 Å². The molecule has 1 heterocycles. The van der Waals surface area contributed by atoms with E-state index in [2.05, 4.69) is 10.3 Å². The number of nitrogens with zero attached hydrogens (tertiary/aromatic N) is 2. The van der Waals surface area contributed by atoms with Crippen LogP contribution in [0.2, 0.25) is 0 Å². The van der Waals surface area contributed by atoms with Crippen LogP contribution in [0.1, 0.15) is 20.3 Å². The molecular weight excluding hydrogens is 402 g/mol. The molecule has 2 aromatic carbocycles. The Morgan fingerprint density at radius 3 is 2.77 bits per heavy atom. The Morgan fingerprint density at radius 1 is 1.23 bits per heavy atom. The maximum atomic E-state index is 12.9. The van der Waals surface area contributed by atoms with Gasteiger partial charge in [-0.25, -0.2) is 4.99 Å². The fraction of sp³-hybridized carbons (Fsp3) is 0.318. The SMILES string of the molecule is CCOc1cccc(NC(=O)[C@H]2CC(=O)N(CC)C(=Nc3ccccc3OC)S2)c1. The number of aliphatic imine (C=N–C) groups is 1. The number of carbonyl (C=O) groups is 2. The second-order valence-corrected chi connectivity index (χ2v) is 7.63. The highest BCUT2D eigenvalue weighted by atomic mass is 32.2. The van der Waals surface area contributed by atoms with Gasteiger partial charge in [-0.1, -0.05) is 30.0 Å². The summed E-state index contributed by atoms with van der Waals surface area (Å²) >= 11 is 1.28. The smallest absolute Gasteiger partial charge is 0.238 e. The molecule has 0 aliphatic carbocycles. The van der Waals surface area contributed by atoms with Crippen molar-refractivity contribution in [2.45, 2.75) is 25.5 Å². The fourth-order valence-electron chi connectivity index (χ4n) is 3.03. The standard InChI is InChI=1S/C22H25N3O4S/c1-4-25-20(26)14-19(21(27)23-15-9-8-10-16(13-15)29-5-2)30-22(25)24-17-11-6-7-12-18(17)28-3/h6-13,19H,4-5,14H2,1-3H3,(H,23,27)/t19-/m1/s1. The van der Waals surface area contributed by atoms with Crippen LogP contribution in [-0.2, 0) is 9.59 Å². The average Bonchev–Trinajstić information content (AvgIpc) is 2.74. The number of ether oxygens (including phenoxy) is 2. The van der Waals surface area contributed by atoms with Crippen molar-refractivity contribution < 1.29 is 19.1 Å². The lowest BCUT2D eigenvalue weighted by molar-refractivity contribution is -0.129. The highest BCUT2D eigenvalue weighted by molar-refractivity contribution is 8.15. The predicted molar refractivity (Wildman–Crippen MR) is 120 cm³/mol. The summed E-state index contributed by atoms with van der Waals surface area (Å²) in [4.78, 5) is 31.8. The van der Waals surface area contributed by atoms with Crippen LogP contribution in [0.15, 0.2) is 53.5 Å². The Hall–Kier alpha value is -3.00. The molecule has 0 saturated carbocycles. The predicted octanol–water partition coefficient (Wildman–Crippen LogP) is 4.07. The van der Waals surface area contributed by atoms with E-state index in [-0.39, 0.29) is 18.2 Å². The monoisotopic (exact) mass is 427 g/mol. The summed E-state index contributed by atoms with van der Waals surface area (Å²) < 4.78 is 10.8. The average molecular weight is 428 g/mol. The number of rotatable bonds is 7. The molecule has 0 unspecified atom stereocenters. The first-order chi connectivity index (χ1) is 14.5. The van der Waals surface area contributed by atoms with E-state index >= 15 is 0 Å². The van der Waals surface area contributed by atoms with E-state index in [1.54, 1.807) is 30.2 Å². The van der Waals surface area contributed by atoms with Gasteiger partial charge < -0.3 is 14.8 Å². The Kier molecular flexibility index (Phi) is 7.35. The number of para-hydroxylation sites is 2. The van der Waals surface area contributed by atoms with Crippen molar-refractivity contribution in [1.82, 2.24) is 4.90 Å². The first-order valence-corrected chi connectivity index (χ1v) is 10.7. The van der Waals surface area contributed by atoms with Crippen LogP contribution in [0.25, 0.3) is 0 Å². The molecule has 30 heavy (non-hydrogen) atoms. The lowest BCUT2D eigenvalue weighted by atomic mass is 10.2. The van der Waals surface area contributed by atoms with Gasteiger partial charge in [0.05, 0.1) is 13.7 Å². The van der Waals surface area contributed by atoms with Crippen LogP contribution >= 0.6 is 11.8 Å². The number of nitrogens with one attached hydrogen (secondary N) is 1. The molecule has 1 saturated heterocycles. The molecular formula is C22H25N3O4S. The zero-order valence-corrected chi connectivity index (χ0v) is 18.1. The fourth-order valence-corrected chi connectivity index (χ4v) is 4.19. The Bertz CT molecular complexity index is 947. The lowest BCUT2D eigenvalue weighted by Crippen LogP contribution is -2.45. The van der Waals surface area contributed by atoms with Gasteiger partial charge >= 0.3 is 0 Å². The second kappa shape index (κ2) is 10.2. The summed E-state index contributed by atoms with van der Waals surface area (Å²) in [7, 11) is 1.57. The molecule has 1 N–H and O–H groups in total. The molecule has 1 atom stereocenters. The number of hydrogen-bond donors (Lipinski definition) is 1. The second-order valence-electron chi connectivity index (χ2n) is 6.46. The zero-order valence-electron chi connectivity index (χ0n) is 17.3. The molecule has 1 aliphatic heterocycles. The van der Waals surface area contributed by atoms with E-state index in [0.29, 0.717) is 41.2 Å². The van der Waals surface area contributed by atoms with Crippen molar-refractivity contribution in [3.63, 3.8) is 0 Å². The van der Waals surface area contributed by atoms with Crippen LogP contribution in [0.4, 0.5) is 11.4 Å². The number of methoxy groups -OCH3 is 1. The number of hydrogen-bond acceptors (Lipinski definition) is 6. The van der Waals surface area contributed by atoms with E-state index in [9.17, 15) is 9.59 Å². The van der Waals surface area contributed by atoms with Crippen LogP contribution in [-0.4, -0.2) is 47.4 Å². The van der Waals surface area contributed by atoms with E-state index in [0.717, 1.165) is 0 Å². The number of benzene rings is 2. The van der Waals surface area contributed by atoms with Crippen LogP contribution in [0, 0.1) is 0 Å². The maximum Gasteiger partial charge on any atom is 0.238 e. The maximum absolute atomic E-state index is 12.9. The van der Waals surface area contributed by atoms with E-state index in [1.807, 2.05) is 44.2 Å². The van der Waals surface area contributed by atoms with Gasteiger partial charge in [-0.15, -0.1) is 0 Å². The van der Waals surface area contributed by atoms with Crippen LogP contribution in [0.5, 0.6) is 11.5 Å². The third-order valence-corrected chi connectivity index (χ3v) is 5.65. The molecule has 8 heteroatoms. The Balaban J connectivity index is 1.81. The number of thioether (sulfide) groups is 1. The van der Waals surface area contributed by atoms with Crippen molar-refractivity contribution >= 4 is 40.1 Å². The summed E-state index contributed by atoms with van der Waals surface area (Å²) in [5, 5.41) is 2.79. The molecule has 2 amide bonds. The minimum atomic E-state index is -0.579. The van der Waals surface area contributed by atoms with Gasteiger partial charge in [0.15, 0.2) is 5.17 Å². The summed E-state index contributed by atoms with van der Waals surface area (Å²) in [6, 6.07) is 14.5. The summed E-state index contributed by atoms with van der Waals surface area (Å²) in [5.41, 5.74) is 1.24. The summed E-state index contributed by atoms with van der Waals surface area (Å²) in [6.07, 6.45) is 0.112. The molecule has 1 fully saturated rings. The summed E-state index contributed by atoms with van der Waals surface area (Å²) in [6.45, 7) is 4.80. The first kappa shape index (κ1) is 21.7. The minimum absolute atomic E-state index is 0.112. The molecule has 0 aromatic heterocycles. The molecule has 3 rings (SSSR count). The highest BCUT2D eigenvalue weighted by Gasteiger charge is 2.35. The Morgan fingerprint density at radius 2 is 2.03 bits per heavy atom. The van der Waals surface area contributed by atoms with Crippen molar-refractivity contribution in [2.75, 3.05) is 25.6 Å². The van der Waals surface area contributed by atoms with Crippen molar-refractivity contribution in [3.8, 4) is 11.5 Å². The van der Waals surface area contributed by atoms with E-state index in [1.165, 1.54) is 11.8 Å². The number of amidine groups is 1. The van der Waals surface area contributed by atoms with Crippen molar-refractivity contribution in [3.05, 3.63) is 48.5 Å². The summed E-state index contributed by atoms with van der Waals surface area (Å²) in [5.74, 6) is 0.908. The van der Waals surface area contributed by atoms with Crippen molar-refractivity contribution in [1.29, 1.82) is 0 Å². The largest absolute Gasteiger partial charge is 0.494 e. The number of amides is 2. The first-order valence-electron chi connectivity index (χ1n) is 9.78. The molecule has 7 nitrogen and oxygen atoms in total. The van der Waals surface area contributed by atoms with Gasteiger partial charge in [0.2, 0.25) is 11.8 Å². The number of carbonyl (C=O) groups excluding carboxylic acids is 2. The van der Waals surface area contributed by atoms with Crippen molar-refractivity contribution in [2.24, 2.45) is 4.99 Å². The molecule has 0 spiro atoms. The van der Waals surface area contributed by atoms with Gasteiger partial charge in [0, 0.05) is 24.7 Å².